The molecule has 0 aliphatic carbocycles. The molecule has 1 heterocycles. The molecule has 2 nitrogen and oxygen atoms in total. The van der Waals surface area contributed by atoms with Gasteiger partial charge in [0.15, 0.2) is 0 Å². The van der Waals surface area contributed by atoms with E-state index >= 15 is 0 Å². The van der Waals surface area contributed by atoms with Crippen molar-refractivity contribution in [3.63, 3.8) is 0 Å². The maximum atomic E-state index is 12.1. The zero-order valence-electron chi connectivity index (χ0n) is 11.5. The van der Waals surface area contributed by atoms with Crippen LogP contribution in [0.25, 0.3) is 5.57 Å². The van der Waals surface area contributed by atoms with Crippen LogP contribution in [0.4, 0.5) is 0 Å². The lowest BCUT2D eigenvalue weighted by molar-refractivity contribution is -0.112. The van der Waals surface area contributed by atoms with Gasteiger partial charge in [0.2, 0.25) is 0 Å². The smallest absolute Gasteiger partial charge is 0.266 e. The van der Waals surface area contributed by atoms with Crippen LogP contribution < -0.4 is 0 Å². The van der Waals surface area contributed by atoms with E-state index in [9.17, 15) is 4.79 Å². The first kappa shape index (κ1) is 13.0. The molecule has 0 saturated carbocycles. The minimum absolute atomic E-state index is 0.113. The van der Waals surface area contributed by atoms with E-state index in [1.165, 1.54) is 11.1 Å². The molecule has 1 unspecified atom stereocenters. The third kappa shape index (κ3) is 2.49. The maximum absolute atomic E-state index is 12.1. The molecule has 20 heavy (non-hydrogen) atoms. The lowest BCUT2D eigenvalue weighted by atomic mass is 10.1. The fraction of sp³-hybridized carbons (Fsp3) is 0.118. The van der Waals surface area contributed by atoms with E-state index in [2.05, 4.69) is 23.4 Å². The van der Waals surface area contributed by atoms with Gasteiger partial charge in [-0.3, -0.25) is 4.79 Å². The largest absolute Gasteiger partial charge is 0.284 e. The number of carbonyl (C=O) groups excluding carboxylic acids is 1. The molecule has 2 aromatic rings. The lowest BCUT2D eigenvalue weighted by Gasteiger charge is -2.00. The molecule has 0 aromatic heterocycles. The zero-order valence-corrected chi connectivity index (χ0v) is 12.3. The topological polar surface area (TPSA) is 29.4 Å². The molecule has 1 aliphatic rings. The summed E-state index contributed by atoms with van der Waals surface area (Å²) in [6, 6.07) is 16.2. The fourth-order valence-corrected chi connectivity index (χ4v) is 3.50. The van der Waals surface area contributed by atoms with Crippen LogP contribution in [0, 0.1) is 13.8 Å². The normalized spacial score (nSPS) is 17.8. The van der Waals surface area contributed by atoms with Crippen molar-refractivity contribution in [2.24, 2.45) is 4.36 Å². The van der Waals surface area contributed by atoms with Crippen LogP contribution in [-0.4, -0.2) is 5.91 Å². The van der Waals surface area contributed by atoms with Gasteiger partial charge in [0, 0.05) is 10.3 Å². The molecule has 0 spiro atoms. The van der Waals surface area contributed by atoms with Crippen LogP contribution in [0.2, 0.25) is 0 Å². The van der Waals surface area contributed by atoms with Gasteiger partial charge in [-0.05, 0) is 42.2 Å². The Labute approximate surface area is 121 Å². The van der Waals surface area contributed by atoms with Crippen molar-refractivity contribution in [2.75, 3.05) is 0 Å². The Bertz CT molecular complexity index is 678. The van der Waals surface area contributed by atoms with Crippen molar-refractivity contribution >= 4 is 22.2 Å². The predicted molar refractivity (Wildman–Crippen MR) is 83.4 cm³/mol. The molecule has 0 radical (unpaired) electrons. The second-order valence-corrected chi connectivity index (χ2v) is 6.44. The highest BCUT2D eigenvalue weighted by atomic mass is 32.2. The summed E-state index contributed by atoms with van der Waals surface area (Å²) in [5.74, 6) is -0.113. The Morgan fingerprint density at radius 2 is 1.40 bits per heavy atom. The SMILES string of the molecule is Cc1ccc(C2=CS(c3ccc(C)cc3)=NC2=O)cc1. The van der Waals surface area contributed by atoms with Crippen molar-refractivity contribution in [1.29, 1.82) is 0 Å². The molecular formula is C17H15NOS. The molecule has 100 valence electrons. The summed E-state index contributed by atoms with van der Waals surface area (Å²) in [6.07, 6.45) is 0. The number of nitrogens with zero attached hydrogens (tertiary/aromatic N) is 1. The van der Waals surface area contributed by atoms with Crippen LogP contribution in [-0.2, 0) is 15.5 Å². The monoisotopic (exact) mass is 281 g/mol. The number of carbonyl (C=O) groups is 1. The Hall–Kier alpha value is -2.00. The van der Waals surface area contributed by atoms with Crippen molar-refractivity contribution < 1.29 is 4.79 Å². The molecule has 0 bridgehead atoms. The quantitative estimate of drug-likeness (QED) is 0.816. The minimum atomic E-state index is -0.452. The summed E-state index contributed by atoms with van der Waals surface area (Å²) < 4.78 is 4.26. The summed E-state index contributed by atoms with van der Waals surface area (Å²) in [7, 11) is -0.452. The first-order chi connectivity index (χ1) is 9.63. The van der Waals surface area contributed by atoms with Crippen molar-refractivity contribution in [3.8, 4) is 0 Å². The number of benzene rings is 2. The molecule has 0 saturated heterocycles. The molecule has 1 atom stereocenters. The van der Waals surface area contributed by atoms with E-state index < -0.39 is 10.7 Å². The standard InChI is InChI=1S/C17H15NOS/c1-12-3-7-14(8-4-12)16-11-20(18-17(16)19)15-9-5-13(2)6-10-15/h3-11H,1-2H3. The van der Waals surface area contributed by atoms with E-state index in [0.29, 0.717) is 5.57 Å². The summed E-state index contributed by atoms with van der Waals surface area (Å²) >= 11 is 0. The van der Waals surface area contributed by atoms with Crippen LogP contribution >= 0.6 is 0 Å². The average Bonchev–Trinajstić information content (AvgIpc) is 2.82. The van der Waals surface area contributed by atoms with Gasteiger partial charge in [0.25, 0.3) is 5.91 Å². The third-order valence-electron chi connectivity index (χ3n) is 3.27. The van der Waals surface area contributed by atoms with Gasteiger partial charge in [-0.25, -0.2) is 0 Å². The Morgan fingerprint density at radius 1 is 0.850 bits per heavy atom. The molecule has 0 fully saturated rings. The van der Waals surface area contributed by atoms with Crippen LogP contribution in [0.5, 0.6) is 0 Å². The van der Waals surface area contributed by atoms with Gasteiger partial charge in [-0.1, -0.05) is 47.5 Å². The first-order valence-corrected chi connectivity index (χ1v) is 7.73. The summed E-state index contributed by atoms with van der Waals surface area (Å²) in [6.45, 7) is 4.09. The van der Waals surface area contributed by atoms with Crippen molar-refractivity contribution in [1.82, 2.24) is 0 Å². The number of rotatable bonds is 2. The molecule has 3 heteroatoms. The average molecular weight is 281 g/mol. The lowest BCUT2D eigenvalue weighted by Crippen LogP contribution is -1.93. The highest BCUT2D eigenvalue weighted by molar-refractivity contribution is 7.91. The second-order valence-electron chi connectivity index (χ2n) is 4.92. The third-order valence-corrected chi connectivity index (χ3v) is 4.84. The molecule has 0 N–H and O–H groups in total. The number of aryl methyl sites for hydroxylation is 2. The van der Waals surface area contributed by atoms with Crippen LogP contribution in [0.15, 0.2) is 63.2 Å². The van der Waals surface area contributed by atoms with E-state index in [1.807, 2.05) is 48.7 Å². The Morgan fingerprint density at radius 3 is 2.00 bits per heavy atom. The van der Waals surface area contributed by atoms with Gasteiger partial charge in [0.05, 0.1) is 5.57 Å². The Kier molecular flexibility index (Phi) is 3.36. The number of hydrogen-bond acceptors (Lipinski definition) is 1. The fourth-order valence-electron chi connectivity index (χ4n) is 2.05. The van der Waals surface area contributed by atoms with Crippen LogP contribution in [0.3, 0.4) is 0 Å². The molecule has 1 amide bonds. The summed E-state index contributed by atoms with van der Waals surface area (Å²) in [5, 5.41) is 1.98. The second kappa shape index (κ2) is 5.17. The van der Waals surface area contributed by atoms with E-state index in [-0.39, 0.29) is 5.91 Å². The highest BCUT2D eigenvalue weighted by Gasteiger charge is 2.19. The first-order valence-electron chi connectivity index (χ1n) is 6.48. The zero-order chi connectivity index (χ0) is 14.1. The maximum Gasteiger partial charge on any atom is 0.284 e. The van der Waals surface area contributed by atoms with E-state index in [1.54, 1.807) is 0 Å². The van der Waals surface area contributed by atoms with E-state index in [0.717, 1.165) is 10.5 Å². The van der Waals surface area contributed by atoms with Crippen molar-refractivity contribution in [3.05, 3.63) is 70.6 Å². The molecule has 2 aromatic carbocycles. The predicted octanol–water partition coefficient (Wildman–Crippen LogP) is 4.05. The van der Waals surface area contributed by atoms with Gasteiger partial charge >= 0.3 is 0 Å². The van der Waals surface area contributed by atoms with Crippen LogP contribution in [0.1, 0.15) is 16.7 Å². The van der Waals surface area contributed by atoms with Crippen molar-refractivity contribution in [2.45, 2.75) is 18.7 Å². The summed E-state index contributed by atoms with van der Waals surface area (Å²) in [4.78, 5) is 13.2. The number of amides is 1. The minimum Gasteiger partial charge on any atom is -0.266 e. The Balaban J connectivity index is 1.96. The van der Waals surface area contributed by atoms with E-state index in [4.69, 9.17) is 0 Å². The van der Waals surface area contributed by atoms with Gasteiger partial charge in [0.1, 0.15) is 0 Å². The van der Waals surface area contributed by atoms with Gasteiger partial charge < -0.3 is 0 Å². The number of hydrogen-bond donors (Lipinski definition) is 0. The molecule has 3 rings (SSSR count). The van der Waals surface area contributed by atoms with Gasteiger partial charge in [-0.15, -0.1) is 0 Å². The molecular weight excluding hydrogens is 266 g/mol. The highest BCUT2D eigenvalue weighted by Crippen LogP contribution is 2.26. The summed E-state index contributed by atoms with van der Waals surface area (Å²) in [5.41, 5.74) is 4.07. The van der Waals surface area contributed by atoms with Gasteiger partial charge in [-0.2, -0.15) is 4.36 Å². The molecule has 1 aliphatic heterocycles.